The molecule has 1 aromatic carbocycles. The van der Waals surface area contributed by atoms with E-state index in [0.717, 1.165) is 29.6 Å². The van der Waals surface area contributed by atoms with E-state index in [4.69, 9.17) is 30.4 Å². The fourth-order valence-electron chi connectivity index (χ4n) is 2.74. The highest BCUT2D eigenvalue weighted by Gasteiger charge is 2.11. The third-order valence-corrected chi connectivity index (χ3v) is 3.85. The van der Waals surface area contributed by atoms with Gasteiger partial charge in [0.2, 0.25) is 0 Å². The van der Waals surface area contributed by atoms with Gasteiger partial charge in [0, 0.05) is 23.6 Å². The maximum Gasteiger partial charge on any atom is 0.148 e. The van der Waals surface area contributed by atoms with Crippen molar-refractivity contribution < 1.29 is 4.74 Å². The van der Waals surface area contributed by atoms with E-state index in [9.17, 15) is 0 Å². The van der Waals surface area contributed by atoms with Gasteiger partial charge in [0.15, 0.2) is 0 Å². The van der Waals surface area contributed by atoms with Gasteiger partial charge in [-0.05, 0) is 30.2 Å². The zero-order chi connectivity index (χ0) is 18.1. The summed E-state index contributed by atoms with van der Waals surface area (Å²) in [6.45, 7) is 2.59. The van der Waals surface area contributed by atoms with E-state index < -0.39 is 0 Å². The van der Waals surface area contributed by atoms with Crippen LogP contribution in [0.25, 0.3) is 10.9 Å². The zero-order valence-electron chi connectivity index (χ0n) is 14.2. The number of hydrogen-bond donors (Lipinski definition) is 0. The van der Waals surface area contributed by atoms with Gasteiger partial charge in [-0.1, -0.05) is 23.7 Å². The van der Waals surface area contributed by atoms with Crippen molar-refractivity contribution in [3.05, 3.63) is 30.0 Å². The first-order chi connectivity index (χ1) is 12.2. The van der Waals surface area contributed by atoms with Crippen LogP contribution in [0, 0.1) is 49.4 Å². The monoisotopic (exact) mass is 328 g/mol. The van der Waals surface area contributed by atoms with Crippen molar-refractivity contribution in [2.75, 3.05) is 26.2 Å². The maximum absolute atomic E-state index is 5.54. The van der Waals surface area contributed by atoms with Gasteiger partial charge in [0.05, 0.1) is 19.6 Å². The van der Waals surface area contributed by atoms with Gasteiger partial charge in [0.25, 0.3) is 0 Å². The smallest absolute Gasteiger partial charge is 0.148 e. The lowest BCUT2D eigenvalue weighted by atomic mass is 10.1. The molecule has 0 aliphatic carbocycles. The Hall–Kier alpha value is -3.24. The molecule has 0 aliphatic rings. The number of hydrogen-bond acceptors (Lipinski definition) is 2. The fourth-order valence-corrected chi connectivity index (χ4v) is 2.74. The maximum atomic E-state index is 5.54. The normalized spacial score (nSPS) is 9.96. The molecule has 0 unspecified atom stereocenters. The van der Waals surface area contributed by atoms with Gasteiger partial charge < -0.3 is 9.30 Å². The van der Waals surface area contributed by atoms with Crippen molar-refractivity contribution >= 4 is 10.9 Å². The van der Waals surface area contributed by atoms with Gasteiger partial charge in [0.1, 0.15) is 12.4 Å². The topological polar surface area (TPSA) is 17.4 Å². The fraction of sp³-hybridized carbons (Fsp3) is 0.273. The Morgan fingerprint density at radius 1 is 1.00 bits per heavy atom. The summed E-state index contributed by atoms with van der Waals surface area (Å²) in [6.07, 6.45) is 24.5. The Balaban J connectivity index is 2.30. The Kier molecular flexibility index (Phi) is 6.63. The van der Waals surface area contributed by atoms with Gasteiger partial charge in [-0.15, -0.1) is 25.7 Å². The van der Waals surface area contributed by atoms with Crippen LogP contribution in [0.5, 0.6) is 5.75 Å². The molecule has 1 heterocycles. The third-order valence-electron chi connectivity index (χ3n) is 3.85. The number of fused-ring (bicyclic) bond motifs is 1. The second-order valence-electron chi connectivity index (χ2n) is 5.53. The lowest BCUT2D eigenvalue weighted by Crippen LogP contribution is -2.26. The van der Waals surface area contributed by atoms with Crippen molar-refractivity contribution in [2.24, 2.45) is 0 Å². The van der Waals surface area contributed by atoms with Crippen molar-refractivity contribution in [2.45, 2.75) is 13.0 Å². The van der Waals surface area contributed by atoms with Crippen LogP contribution in [0.3, 0.4) is 0 Å². The van der Waals surface area contributed by atoms with E-state index in [1.54, 1.807) is 0 Å². The molecule has 0 radical (unpaired) electrons. The summed E-state index contributed by atoms with van der Waals surface area (Å²) >= 11 is 0. The van der Waals surface area contributed by atoms with E-state index in [2.05, 4.69) is 39.3 Å². The first-order valence-electron chi connectivity index (χ1n) is 7.94. The zero-order valence-corrected chi connectivity index (χ0v) is 14.2. The van der Waals surface area contributed by atoms with Crippen LogP contribution in [0.15, 0.2) is 24.4 Å². The van der Waals surface area contributed by atoms with Crippen LogP contribution in [-0.4, -0.2) is 35.7 Å². The van der Waals surface area contributed by atoms with Gasteiger partial charge in [-0.2, -0.15) is 0 Å². The summed E-state index contributed by atoms with van der Waals surface area (Å²) in [4.78, 5) is 2.06. The molecule has 0 saturated heterocycles. The SMILES string of the molecule is C#CCOc1ccc2c(c1)c(CCN(CC#C)CC#C)cn2CC#C. The van der Waals surface area contributed by atoms with Crippen LogP contribution < -0.4 is 4.74 Å². The predicted octanol–water partition coefficient (Wildman–Crippen LogP) is 2.40. The van der Waals surface area contributed by atoms with Crippen molar-refractivity contribution in [3.63, 3.8) is 0 Å². The first kappa shape index (κ1) is 18.1. The van der Waals surface area contributed by atoms with Crippen LogP contribution in [0.4, 0.5) is 0 Å². The van der Waals surface area contributed by atoms with Crippen molar-refractivity contribution in [1.82, 2.24) is 9.47 Å². The highest BCUT2D eigenvalue weighted by Crippen LogP contribution is 2.26. The highest BCUT2D eigenvalue weighted by atomic mass is 16.5. The molecular formula is C22H20N2O. The quantitative estimate of drug-likeness (QED) is 0.693. The summed E-state index contributed by atoms with van der Waals surface area (Å²) < 4.78 is 7.60. The van der Waals surface area contributed by atoms with E-state index in [1.807, 2.05) is 18.2 Å². The Labute approximate surface area is 150 Å². The standard InChI is InChI=1S/C22H20N2O/c1-5-12-23(13-6-2)15-11-19-18-24(14-7-3)22-10-9-20(17-21(19)22)25-16-8-4/h1-4,9-10,17-18H,11-16H2. The Bertz CT molecular complexity index is 877. The lowest BCUT2D eigenvalue weighted by Gasteiger charge is -2.16. The molecule has 0 saturated carbocycles. The summed E-state index contributed by atoms with van der Waals surface area (Å²) in [5, 5.41) is 1.10. The minimum Gasteiger partial charge on any atom is -0.481 e. The molecule has 0 spiro atoms. The van der Waals surface area contributed by atoms with Crippen LogP contribution in [-0.2, 0) is 13.0 Å². The van der Waals surface area contributed by atoms with Gasteiger partial charge in [-0.25, -0.2) is 0 Å². The molecule has 3 nitrogen and oxygen atoms in total. The van der Waals surface area contributed by atoms with Crippen LogP contribution in [0.2, 0.25) is 0 Å². The molecule has 1 aromatic heterocycles. The van der Waals surface area contributed by atoms with Gasteiger partial charge in [-0.3, -0.25) is 4.90 Å². The average Bonchev–Trinajstić information content (AvgIpc) is 2.96. The molecule has 3 heteroatoms. The minimum atomic E-state index is 0.240. The number of nitrogens with zero attached hydrogens (tertiary/aromatic N) is 2. The minimum absolute atomic E-state index is 0.240. The van der Waals surface area contributed by atoms with E-state index >= 15 is 0 Å². The predicted molar refractivity (Wildman–Crippen MR) is 103 cm³/mol. The van der Waals surface area contributed by atoms with Crippen LogP contribution in [0.1, 0.15) is 5.56 Å². The lowest BCUT2D eigenvalue weighted by molar-refractivity contribution is 0.350. The second kappa shape index (κ2) is 9.15. The van der Waals surface area contributed by atoms with E-state index in [-0.39, 0.29) is 6.61 Å². The van der Waals surface area contributed by atoms with E-state index in [0.29, 0.717) is 19.6 Å². The molecule has 0 atom stereocenters. The second-order valence-corrected chi connectivity index (χ2v) is 5.53. The van der Waals surface area contributed by atoms with Gasteiger partial charge >= 0.3 is 0 Å². The summed E-state index contributed by atoms with van der Waals surface area (Å²) in [5.74, 6) is 11.2. The molecular weight excluding hydrogens is 308 g/mol. The van der Waals surface area contributed by atoms with Crippen molar-refractivity contribution in [1.29, 1.82) is 0 Å². The number of rotatable bonds is 8. The molecule has 25 heavy (non-hydrogen) atoms. The average molecular weight is 328 g/mol. The van der Waals surface area contributed by atoms with Crippen LogP contribution >= 0.6 is 0 Å². The number of terminal acetylenes is 4. The summed E-state index contributed by atoms with van der Waals surface area (Å²) in [7, 11) is 0. The third kappa shape index (κ3) is 4.62. The molecule has 0 N–H and O–H groups in total. The number of ether oxygens (including phenoxy) is 1. The molecule has 0 aliphatic heterocycles. The summed E-state index contributed by atoms with van der Waals surface area (Å²) in [5.41, 5.74) is 2.25. The summed E-state index contributed by atoms with van der Waals surface area (Å²) in [6, 6.07) is 5.91. The molecule has 2 aromatic rings. The van der Waals surface area contributed by atoms with Crippen molar-refractivity contribution in [3.8, 4) is 55.1 Å². The van der Waals surface area contributed by atoms with E-state index in [1.165, 1.54) is 5.56 Å². The molecule has 0 fully saturated rings. The Morgan fingerprint density at radius 2 is 1.76 bits per heavy atom. The highest BCUT2D eigenvalue weighted by molar-refractivity contribution is 5.85. The molecule has 0 amide bonds. The largest absolute Gasteiger partial charge is 0.481 e. The first-order valence-corrected chi connectivity index (χ1v) is 7.94. The number of aromatic nitrogens is 1. The molecule has 124 valence electrons. The number of benzene rings is 1. The Morgan fingerprint density at radius 3 is 2.40 bits per heavy atom. The molecule has 0 bridgehead atoms. The molecule has 2 rings (SSSR count).